The van der Waals surface area contributed by atoms with Crippen molar-refractivity contribution in [3.8, 4) is 0 Å². The second-order valence-electron chi connectivity index (χ2n) is 29.5. The van der Waals surface area contributed by atoms with Gasteiger partial charge >= 0.3 is 242 Å². The van der Waals surface area contributed by atoms with Gasteiger partial charge in [-0.3, -0.25) is 22.7 Å². The van der Waals surface area contributed by atoms with Gasteiger partial charge in [0.15, 0.2) is 58.0 Å². The Kier molecular flexibility index (Phi) is 64.0. The number of urea groups is 1. The second-order valence-corrected chi connectivity index (χ2v) is 37.1. The van der Waals surface area contributed by atoms with Crippen LogP contribution in [-0.4, -0.2) is 441 Å². The van der Waals surface area contributed by atoms with E-state index in [1.54, 1.807) is 11.8 Å². The van der Waals surface area contributed by atoms with Crippen LogP contribution < -0.4 is 288 Å². The number of nitrogens with one attached hydrogen (secondary N) is 8. The van der Waals surface area contributed by atoms with Crippen molar-refractivity contribution in [3.05, 3.63) is 59.7 Å². The molecule has 20 N–H and O–H groups in total. The summed E-state index contributed by atoms with van der Waals surface area (Å²) in [5.74, 6) is -5.93. The van der Waals surface area contributed by atoms with Gasteiger partial charge in [-0.2, -0.15) is 11.8 Å². The summed E-state index contributed by atoms with van der Waals surface area (Å²) in [6.07, 6.45) is -65.1. The molecule has 0 aromatic heterocycles. The Morgan fingerprint density at radius 2 is 0.814 bits per heavy atom. The number of aliphatic hydroxyl groups excluding tert-OH is 12. The van der Waals surface area contributed by atoms with Crippen molar-refractivity contribution in [1.29, 1.82) is 0 Å². The average molecular weight is 2230 g/mol. The normalized spacial score (nSPS) is 29.1. The van der Waals surface area contributed by atoms with E-state index < -0.39 is 284 Å². The van der Waals surface area contributed by atoms with E-state index in [1.807, 2.05) is 0 Å². The molecule has 0 radical (unpaired) electrons. The molecule has 6 saturated heterocycles. The topological polar surface area (TPSA) is 963 Å². The zero-order valence-corrected chi connectivity index (χ0v) is 97.4. The van der Waals surface area contributed by atoms with E-state index in [0.29, 0.717) is 25.0 Å². The number of ether oxygens (including phenoxy) is 10. The molecular weight excluding hydrogens is 2140 g/mol. The summed E-state index contributed by atoms with van der Waals surface area (Å²) < 4.78 is 281. The number of benzene rings is 2. The fraction of sp³-hybridized carbons (Fsp3) is 0.719. The van der Waals surface area contributed by atoms with Crippen molar-refractivity contribution >= 4 is 121 Å². The van der Waals surface area contributed by atoms with Gasteiger partial charge in [0.05, 0.1) is 49.4 Å². The van der Waals surface area contributed by atoms with Gasteiger partial charge in [-0.15, -0.1) is 0 Å². The molecule has 754 valence electrons. The molecule has 61 nitrogen and oxygen atoms in total. The molecule has 8 rings (SSSR count). The van der Waals surface area contributed by atoms with Crippen LogP contribution in [0, 0.1) is 0 Å². The maximum absolute atomic E-state index is 13.9. The third kappa shape index (κ3) is 43.6. The summed E-state index contributed by atoms with van der Waals surface area (Å²) >= 11 is 1.67. The minimum Gasteiger partial charge on any atom is -0.735 e. The molecule has 0 saturated carbocycles. The molecule has 31 atom stereocenters. The van der Waals surface area contributed by atoms with E-state index in [9.17, 15) is 178 Å². The molecule has 0 aliphatic carbocycles. The minimum atomic E-state index is -6.06. The van der Waals surface area contributed by atoms with Gasteiger partial charge < -0.3 is 193 Å². The maximum Gasteiger partial charge on any atom is 1.00 e. The number of thioether (sulfide) groups is 1. The Bertz CT molecular complexity index is 4690. The summed E-state index contributed by atoms with van der Waals surface area (Å²) in [5, 5.41) is 172. The SMILES string of the molecule is CO[C@@H]1[C@@H](OS(=O)(=O)[O-])OC(O[C@H]2[C@H](O)[C@@H](OS(=O)(=O)[O-])C(OC[C@@H](O)[C@@H](O)[C@H](O)[C@@H](O)CNc3ccc(C(=O)NCCN(CCNC(=O)c4ccc(NC[C@H](O)[C@@H](O)[C@H](O)[C@H](O)COC5O[C@@H](C(=O)[O-])[C@@H](OC6O[C@H](OS(=O)(=O)[O-])[C@@H](OC)[C@H](O)[C@H]6NS(=O)(=O)[O-])[C@H](O)[C@H]5OS(=O)(=O)[O-])cc4)C(=O)CCCCC4SCC5NC(=O)NC54)cc3)O[C@H]2C(=O)[O-])[C@H](NS(=O)(=O)[O-])[C@H]1O.[Na+].[Na+].[Na+].[Na+].[Na+].[Na+].[Na+].[Na+]. The van der Waals surface area contributed by atoms with Crippen molar-refractivity contribution in [1.82, 2.24) is 35.6 Å². The summed E-state index contributed by atoms with van der Waals surface area (Å²) in [5.41, 5.74) is 0.383. The van der Waals surface area contributed by atoms with Gasteiger partial charge in [0.1, 0.15) is 110 Å². The van der Waals surface area contributed by atoms with E-state index in [0.717, 1.165) is 14.2 Å². The van der Waals surface area contributed by atoms with E-state index in [2.05, 4.69) is 48.6 Å². The number of amides is 5. The molecule has 0 spiro atoms. The van der Waals surface area contributed by atoms with Crippen LogP contribution in [0.1, 0.15) is 46.4 Å². The summed E-state index contributed by atoms with van der Waals surface area (Å²) in [6, 6.07) is 4.99. The fourth-order valence-corrected chi connectivity index (χ4v) is 18.4. The van der Waals surface area contributed by atoms with Gasteiger partial charge in [-0.05, 0) is 61.4 Å². The average Bonchev–Trinajstić information content (AvgIpc) is 0.810. The number of hydrogen-bond donors (Lipinski definition) is 20. The van der Waals surface area contributed by atoms with Crippen molar-refractivity contribution in [2.45, 2.75) is 215 Å². The number of methoxy groups -OCH3 is 2. The zero-order chi connectivity index (χ0) is 98.4. The first kappa shape index (κ1) is 141. The third-order valence-corrected chi connectivity index (χ3v) is 24.8. The number of carboxylic acids is 2. The molecule has 5 amide bonds. The van der Waals surface area contributed by atoms with Crippen LogP contribution in [0.3, 0.4) is 0 Å². The number of rotatable bonds is 51. The molecule has 6 aliphatic rings. The number of anilines is 2. The molecule has 6 heterocycles. The van der Waals surface area contributed by atoms with Crippen molar-refractivity contribution < 1.29 is 479 Å². The molecule has 2 aromatic rings. The predicted molar refractivity (Wildman–Crippen MR) is 409 cm³/mol. The summed E-state index contributed by atoms with van der Waals surface area (Å²) in [4.78, 5) is 79.0. The summed E-state index contributed by atoms with van der Waals surface area (Å²) in [7, 11) is -33.8. The van der Waals surface area contributed by atoms with Crippen molar-refractivity contribution in [2.75, 3.05) is 83.1 Å². The summed E-state index contributed by atoms with van der Waals surface area (Å²) in [6.45, 7) is -4.63. The van der Waals surface area contributed by atoms with Gasteiger partial charge in [0.25, 0.3) is 11.8 Å². The molecule has 0 bridgehead atoms. The molecule has 76 heteroatoms. The number of carbonyl (C=O) groups is 6. The van der Waals surface area contributed by atoms with E-state index in [1.165, 1.54) is 62.9 Å². The van der Waals surface area contributed by atoms with Crippen LogP contribution in [0.25, 0.3) is 0 Å². The number of hydrogen-bond acceptors (Lipinski definition) is 55. The van der Waals surface area contributed by atoms with Crippen LogP contribution in [0.4, 0.5) is 16.2 Å². The van der Waals surface area contributed by atoms with Crippen LogP contribution in [0.5, 0.6) is 0 Å². The molecule has 7 unspecified atom stereocenters. The third-order valence-electron chi connectivity index (χ3n) is 20.4. The molecule has 6 aliphatic heterocycles. The zero-order valence-electron chi connectivity index (χ0n) is 75.7. The number of carbonyl (C=O) groups excluding carboxylic acids is 6. The Balaban J connectivity index is 0.0000242. The standard InChI is InChI=1S/C64H99N9O52S7.8Na/c1-112-48-42(83)36(71-127(94,95)96)58(120-62(48)124-131(106,107)108)116-46-44(85)50(122-129(100,101)102)60(118-52(46)56(89)90)114-21-31(76)40(81)38(79)29(74)19-67-26-11-7-24(8-12-26)54(87)65-15-17-73(34(78)6-4-3-5-33-35-28(23-126-33)69-64(93)70-35)18-16-66-55(88)25-9-13-27(14-10-25)68-20-30(75)39(80)41(82)32(77)22-115-61-51(123-130(103,104)105)45(86)47(53(119-61)57(91)92)117-59-37(72-128(97,98)99)43(84)49(113-2)63(121-59)125-132(109,110)111;;;;;;;;/h7-14,28-33,35-53,58-63,67-68,71-72,74-77,79-86H,3-6,15-23H2,1-2H3,(H,65,87)(H,66,88)(H,89,90)(H,91,92)(H2,69,70,93)(H,94,95,96)(H,97,98,99)(H,100,101,102)(H,103,104,105)(H,106,107,108)(H,109,110,111);;;;;;;;/q;8*+1/p-8/t28?,29-,30-,31+,32+,33?,35?,36+,37+,38+,39+,40+,41+,42+,43+,44-,45-,46-,47-,48-,49-,50+,51+,52+,53+,58?,59?,60?,61?,62+,63+;;;;;;;;/m0......../s1. The Morgan fingerprint density at radius 3 is 1.14 bits per heavy atom. The number of aliphatic carboxylic acids is 2. The Hall–Kier alpha value is 1.35. The van der Waals surface area contributed by atoms with E-state index >= 15 is 0 Å². The van der Waals surface area contributed by atoms with Gasteiger partial charge in [0, 0.05) is 93.4 Å². The fourth-order valence-electron chi connectivity index (χ4n) is 14.0. The monoisotopic (exact) mass is 2230 g/mol. The number of carboxylic acid groups (broad SMARTS) is 2. The number of aliphatic hydroxyl groups is 12. The molecule has 140 heavy (non-hydrogen) atoms. The first-order chi connectivity index (χ1) is 61.3. The van der Waals surface area contributed by atoms with Crippen LogP contribution >= 0.6 is 11.8 Å². The van der Waals surface area contributed by atoms with Gasteiger partial charge in [-0.25, -0.2) is 73.1 Å². The molecule has 6 fully saturated rings. The first-order valence-corrected chi connectivity index (χ1v) is 47.6. The smallest absolute Gasteiger partial charge is 0.735 e. The van der Waals surface area contributed by atoms with Crippen LogP contribution in [0.15, 0.2) is 48.5 Å². The van der Waals surface area contributed by atoms with Gasteiger partial charge in [-0.1, -0.05) is 6.42 Å². The largest absolute Gasteiger partial charge is 1.00 e. The van der Waals surface area contributed by atoms with Crippen LogP contribution in [0.2, 0.25) is 0 Å². The number of nitrogens with zero attached hydrogens (tertiary/aromatic N) is 1. The quantitative estimate of drug-likeness (QED) is 0.00961. The maximum atomic E-state index is 13.9. The Labute approximate surface area is 980 Å². The molecular formula is C64H91N9Na8O52S7. The number of fused-ring (bicyclic) bond motifs is 1. The van der Waals surface area contributed by atoms with E-state index in [-0.39, 0.29) is 321 Å². The minimum absolute atomic E-state index is 0. The second kappa shape index (κ2) is 63.4. The number of unbranched alkanes of at least 4 members (excludes halogenated alkanes) is 1. The predicted octanol–water partition coefficient (Wildman–Crippen LogP) is -41.8. The molecule has 2 aromatic carbocycles. The van der Waals surface area contributed by atoms with Crippen molar-refractivity contribution in [3.63, 3.8) is 0 Å². The Morgan fingerprint density at radius 1 is 0.464 bits per heavy atom. The van der Waals surface area contributed by atoms with E-state index in [4.69, 9.17) is 47.4 Å². The van der Waals surface area contributed by atoms with Gasteiger partial charge in [0.2, 0.25) is 60.1 Å². The van der Waals surface area contributed by atoms with Crippen molar-refractivity contribution in [2.24, 2.45) is 0 Å². The van der Waals surface area contributed by atoms with Crippen LogP contribution in [-0.2, 0) is 141 Å². The first-order valence-electron chi connectivity index (χ1n) is 38.4.